The van der Waals surface area contributed by atoms with Crippen LogP contribution in [-0.4, -0.2) is 16.8 Å². The zero-order chi connectivity index (χ0) is 17.6. The fourth-order valence-corrected chi connectivity index (χ4v) is 3.88. The highest BCUT2D eigenvalue weighted by atomic mass is 32.2. The molecule has 0 atom stereocenters. The number of primary sulfonamides is 1. The molecule has 124 valence electrons. The van der Waals surface area contributed by atoms with Gasteiger partial charge in [0.1, 0.15) is 4.90 Å². The van der Waals surface area contributed by atoms with Crippen molar-refractivity contribution in [2.24, 2.45) is 5.14 Å². The van der Waals surface area contributed by atoms with Crippen molar-refractivity contribution in [2.45, 2.75) is 14.7 Å². The number of nitrogens with two attached hydrogens (primary N) is 1. The van der Waals surface area contributed by atoms with Crippen molar-refractivity contribution < 1.29 is 34.4 Å². The molecular formula is C12H7F4NO4S2. The summed E-state index contributed by atoms with van der Waals surface area (Å²) in [6.45, 7) is 0. The van der Waals surface area contributed by atoms with Crippen LogP contribution in [0, 0.1) is 23.3 Å². The minimum absolute atomic E-state index is 0.639. The molecule has 0 saturated heterocycles. The summed E-state index contributed by atoms with van der Waals surface area (Å²) in [4.78, 5) is -4.66. The van der Waals surface area contributed by atoms with Gasteiger partial charge in [-0.3, -0.25) is 0 Å². The van der Waals surface area contributed by atoms with Gasteiger partial charge in [0.15, 0.2) is 28.2 Å². The van der Waals surface area contributed by atoms with E-state index in [4.69, 9.17) is 0 Å². The minimum atomic E-state index is -5.16. The number of sulfonamides is 1. The van der Waals surface area contributed by atoms with Gasteiger partial charge in [-0.05, 0) is 12.1 Å². The molecule has 0 aliphatic carbocycles. The fourth-order valence-electron chi connectivity index (χ4n) is 1.79. The molecule has 0 aliphatic rings. The van der Waals surface area contributed by atoms with Gasteiger partial charge < -0.3 is 0 Å². The second-order valence-electron chi connectivity index (χ2n) is 4.28. The molecule has 11 heteroatoms. The Kier molecular flexibility index (Phi) is 4.22. The third-order valence-electron chi connectivity index (χ3n) is 2.79. The van der Waals surface area contributed by atoms with Crippen LogP contribution in [0.15, 0.2) is 45.0 Å². The molecule has 5 nitrogen and oxygen atoms in total. The second kappa shape index (κ2) is 5.58. The van der Waals surface area contributed by atoms with Crippen LogP contribution >= 0.6 is 0 Å². The second-order valence-corrected chi connectivity index (χ2v) is 7.66. The lowest BCUT2D eigenvalue weighted by Crippen LogP contribution is -2.21. The number of sulfone groups is 1. The Balaban J connectivity index is 2.92. The maximum Gasteiger partial charge on any atom is 0.244 e. The predicted octanol–water partition coefficient (Wildman–Crippen LogP) is 1.72. The van der Waals surface area contributed by atoms with E-state index in [2.05, 4.69) is 5.14 Å². The summed E-state index contributed by atoms with van der Waals surface area (Å²) >= 11 is 0. The van der Waals surface area contributed by atoms with Gasteiger partial charge in [-0.15, -0.1) is 0 Å². The van der Waals surface area contributed by atoms with E-state index in [-0.39, 0.29) is 0 Å². The first-order valence-corrected chi connectivity index (χ1v) is 8.71. The molecule has 0 radical (unpaired) electrons. The molecule has 0 saturated carbocycles. The molecule has 0 unspecified atom stereocenters. The Morgan fingerprint density at radius 3 is 1.48 bits per heavy atom. The molecule has 23 heavy (non-hydrogen) atoms. The summed E-state index contributed by atoms with van der Waals surface area (Å²) in [5.41, 5.74) is 0. The van der Waals surface area contributed by atoms with Crippen LogP contribution < -0.4 is 5.14 Å². The predicted molar refractivity (Wildman–Crippen MR) is 69.5 cm³/mol. The minimum Gasteiger partial charge on any atom is -0.224 e. The largest absolute Gasteiger partial charge is 0.244 e. The summed E-state index contributed by atoms with van der Waals surface area (Å²) in [5.74, 6) is -9.59. The highest BCUT2D eigenvalue weighted by Gasteiger charge is 2.37. The molecule has 0 amide bonds. The van der Waals surface area contributed by atoms with E-state index in [9.17, 15) is 34.4 Å². The van der Waals surface area contributed by atoms with E-state index in [1.165, 1.54) is 18.2 Å². The lowest BCUT2D eigenvalue weighted by Gasteiger charge is -2.11. The monoisotopic (exact) mass is 369 g/mol. The number of hydrogen-bond acceptors (Lipinski definition) is 4. The number of rotatable bonds is 3. The van der Waals surface area contributed by atoms with Crippen molar-refractivity contribution in [1.29, 1.82) is 0 Å². The topological polar surface area (TPSA) is 94.3 Å². The fraction of sp³-hybridized carbons (Fsp3) is 0. The van der Waals surface area contributed by atoms with Gasteiger partial charge in [0, 0.05) is 0 Å². The zero-order valence-corrected chi connectivity index (χ0v) is 12.6. The zero-order valence-electron chi connectivity index (χ0n) is 10.9. The summed E-state index contributed by atoms with van der Waals surface area (Å²) in [6, 6.07) is 5.72. The average Bonchev–Trinajstić information content (AvgIpc) is 2.45. The van der Waals surface area contributed by atoms with E-state index in [1.54, 1.807) is 0 Å². The van der Waals surface area contributed by atoms with E-state index < -0.39 is 57.8 Å². The van der Waals surface area contributed by atoms with Crippen LogP contribution in [0.3, 0.4) is 0 Å². The van der Waals surface area contributed by atoms with Crippen LogP contribution in [-0.2, 0) is 19.9 Å². The first kappa shape index (κ1) is 17.4. The van der Waals surface area contributed by atoms with Crippen LogP contribution in [0.2, 0.25) is 0 Å². The normalized spacial score (nSPS) is 12.4. The van der Waals surface area contributed by atoms with Gasteiger partial charge in [0.25, 0.3) is 0 Å². The van der Waals surface area contributed by atoms with Crippen molar-refractivity contribution in [1.82, 2.24) is 0 Å². The summed E-state index contributed by atoms with van der Waals surface area (Å²) < 4.78 is 102. The highest BCUT2D eigenvalue weighted by Crippen LogP contribution is 2.32. The van der Waals surface area contributed by atoms with Gasteiger partial charge in [-0.1, -0.05) is 18.2 Å². The van der Waals surface area contributed by atoms with E-state index >= 15 is 0 Å². The van der Waals surface area contributed by atoms with Gasteiger partial charge in [-0.2, -0.15) is 0 Å². The molecule has 2 rings (SSSR count). The van der Waals surface area contributed by atoms with Gasteiger partial charge in [-0.25, -0.2) is 39.5 Å². The highest BCUT2D eigenvalue weighted by molar-refractivity contribution is 7.91. The van der Waals surface area contributed by atoms with Gasteiger partial charge in [0.05, 0.1) is 4.90 Å². The first-order valence-electron chi connectivity index (χ1n) is 5.68. The number of hydrogen-bond donors (Lipinski definition) is 1. The van der Waals surface area contributed by atoms with E-state index in [0.717, 1.165) is 12.1 Å². The standard InChI is InChI=1S/C12H7F4NO4S2/c13-7-9(15)12(23(17,20)21)10(16)8(14)11(7)22(18,19)6-4-2-1-3-5-6/h1-5H,(H2,17,20,21). The Bertz CT molecular complexity index is 960. The van der Waals surface area contributed by atoms with Crippen molar-refractivity contribution in [3.8, 4) is 0 Å². The summed E-state index contributed by atoms with van der Waals surface area (Å²) in [6.07, 6.45) is 0. The molecule has 0 aromatic heterocycles. The Hall–Kier alpha value is -1.98. The van der Waals surface area contributed by atoms with Crippen molar-refractivity contribution in [3.05, 3.63) is 53.6 Å². The van der Waals surface area contributed by atoms with Crippen LogP contribution in [0.25, 0.3) is 0 Å². The van der Waals surface area contributed by atoms with Crippen LogP contribution in [0.5, 0.6) is 0 Å². The van der Waals surface area contributed by atoms with E-state index in [0.29, 0.717) is 0 Å². The molecule has 0 bridgehead atoms. The lowest BCUT2D eigenvalue weighted by molar-refractivity contribution is 0.390. The molecule has 0 aliphatic heterocycles. The summed E-state index contributed by atoms with van der Waals surface area (Å²) in [7, 11) is -10.1. The van der Waals surface area contributed by atoms with Crippen molar-refractivity contribution in [2.75, 3.05) is 0 Å². The first-order chi connectivity index (χ1) is 10.5. The number of halogens is 4. The molecule has 0 fully saturated rings. The molecule has 2 N–H and O–H groups in total. The SMILES string of the molecule is NS(=O)(=O)c1c(F)c(F)c(S(=O)(=O)c2ccccc2)c(F)c1F. The Morgan fingerprint density at radius 1 is 0.696 bits per heavy atom. The van der Waals surface area contributed by atoms with Crippen molar-refractivity contribution >= 4 is 19.9 Å². The quantitative estimate of drug-likeness (QED) is 0.658. The Morgan fingerprint density at radius 2 is 1.09 bits per heavy atom. The Labute approximate surface area is 128 Å². The molecular weight excluding hydrogens is 362 g/mol. The maximum absolute atomic E-state index is 13.9. The number of benzene rings is 2. The van der Waals surface area contributed by atoms with E-state index in [1.807, 2.05) is 0 Å². The van der Waals surface area contributed by atoms with Gasteiger partial charge in [0.2, 0.25) is 19.9 Å². The van der Waals surface area contributed by atoms with Gasteiger partial charge >= 0.3 is 0 Å². The third kappa shape index (κ3) is 2.82. The average molecular weight is 369 g/mol. The van der Waals surface area contributed by atoms with Crippen LogP contribution in [0.4, 0.5) is 17.6 Å². The smallest absolute Gasteiger partial charge is 0.224 e. The van der Waals surface area contributed by atoms with Crippen molar-refractivity contribution in [3.63, 3.8) is 0 Å². The molecule has 2 aromatic carbocycles. The maximum atomic E-state index is 13.9. The molecule has 0 spiro atoms. The lowest BCUT2D eigenvalue weighted by atomic mass is 10.3. The molecule has 0 heterocycles. The molecule has 2 aromatic rings. The van der Waals surface area contributed by atoms with Crippen LogP contribution in [0.1, 0.15) is 0 Å². The summed E-state index contributed by atoms with van der Waals surface area (Å²) in [5, 5.41) is 4.48. The third-order valence-corrected chi connectivity index (χ3v) is 5.51.